The Labute approximate surface area is 421 Å². The fraction of sp³-hybridized carbons (Fsp3) is 0.870. The van der Waals surface area contributed by atoms with E-state index in [1.165, 1.54) is 18.9 Å². The number of hydrogen-bond donors (Lipinski definition) is 10. The van der Waals surface area contributed by atoms with Crippen LogP contribution in [0.2, 0.25) is 0 Å². The minimum absolute atomic E-state index is 0.306. The first-order valence-electron chi connectivity index (χ1n) is 23.8. The van der Waals surface area contributed by atoms with E-state index in [9.17, 15) is 54.3 Å². The molecule has 1 saturated carbocycles. The van der Waals surface area contributed by atoms with Crippen molar-refractivity contribution in [3.05, 3.63) is 0 Å². The lowest BCUT2D eigenvalue weighted by Gasteiger charge is -2.50. The van der Waals surface area contributed by atoms with Gasteiger partial charge in [0.25, 0.3) is 0 Å². The van der Waals surface area contributed by atoms with Gasteiger partial charge in [-0.15, -0.1) is 0 Å². The van der Waals surface area contributed by atoms with E-state index in [-0.39, 0.29) is 6.54 Å². The Balaban J connectivity index is 2.23. The highest BCUT2D eigenvalue weighted by molar-refractivity contribution is 5.73. The van der Waals surface area contributed by atoms with E-state index >= 15 is 0 Å². The third-order valence-corrected chi connectivity index (χ3v) is 10.6. The lowest BCUT2D eigenvalue weighted by atomic mass is 9.83. The van der Waals surface area contributed by atoms with Crippen LogP contribution in [-0.2, 0) is 47.4 Å². The van der Waals surface area contributed by atoms with Crippen molar-refractivity contribution in [1.29, 1.82) is 0 Å². The molecule has 0 radical (unpaired) electrons. The normalized spacial score (nSPS) is 31.4. The number of nitrogens with zero attached hydrogens (tertiary/aromatic N) is 1. The van der Waals surface area contributed by atoms with E-state index < -0.39 is 169 Å². The van der Waals surface area contributed by atoms with Gasteiger partial charge in [-0.3, -0.25) is 4.79 Å². The van der Waals surface area contributed by atoms with Crippen LogP contribution in [-0.4, -0.2) is 207 Å². The summed E-state index contributed by atoms with van der Waals surface area (Å²) >= 11 is 0. The molecular formula is C46H82N6O20. The van der Waals surface area contributed by atoms with Gasteiger partial charge in [0, 0.05) is 27.1 Å². The minimum atomic E-state index is -2.06. The van der Waals surface area contributed by atoms with Gasteiger partial charge in [0.1, 0.15) is 89.0 Å². The molecule has 2 heterocycles. The molecule has 2 saturated heterocycles. The number of carbonyl (C=O) groups excluding carboxylic acids is 6. The molecule has 0 aromatic heterocycles. The molecule has 15 unspecified atom stereocenters. The van der Waals surface area contributed by atoms with Crippen LogP contribution >= 0.6 is 0 Å². The van der Waals surface area contributed by atoms with E-state index in [2.05, 4.69) is 26.6 Å². The summed E-state index contributed by atoms with van der Waals surface area (Å²) in [4.78, 5) is 79.9. The zero-order chi connectivity index (χ0) is 55.2. The van der Waals surface area contributed by atoms with Crippen molar-refractivity contribution in [3.63, 3.8) is 0 Å². The molecule has 26 heteroatoms. The van der Waals surface area contributed by atoms with Crippen molar-refractivity contribution in [2.24, 2.45) is 0 Å². The van der Waals surface area contributed by atoms with Crippen LogP contribution in [0.4, 0.5) is 24.0 Å². The Kier molecular flexibility index (Phi) is 20.8. The van der Waals surface area contributed by atoms with E-state index in [1.807, 2.05) is 0 Å². The largest absolute Gasteiger partial charge is 0.444 e. The van der Waals surface area contributed by atoms with Crippen LogP contribution in [0.15, 0.2) is 0 Å². The second-order valence-corrected chi connectivity index (χ2v) is 23.1. The predicted octanol–water partition coefficient (Wildman–Crippen LogP) is 0.991. The molecule has 416 valence electrons. The molecule has 2 aliphatic heterocycles. The van der Waals surface area contributed by atoms with E-state index in [4.69, 9.17) is 42.6 Å². The highest BCUT2D eigenvalue weighted by atomic mass is 16.7. The van der Waals surface area contributed by atoms with E-state index in [0.717, 1.165) is 0 Å². The summed E-state index contributed by atoms with van der Waals surface area (Å²) in [5.41, 5.74) is -5.13. The molecule has 3 aliphatic rings. The average Bonchev–Trinajstić information content (AvgIpc) is 3.16. The fourth-order valence-corrected chi connectivity index (χ4v) is 7.59. The fourth-order valence-electron chi connectivity index (χ4n) is 7.59. The number of nitrogens with one attached hydrogen (secondary N) is 5. The number of likely N-dealkylation sites (N-methyl/N-ethyl adjacent to an activating group) is 1. The van der Waals surface area contributed by atoms with Crippen LogP contribution in [0, 0.1) is 0 Å². The van der Waals surface area contributed by atoms with Crippen molar-refractivity contribution < 1.29 is 96.9 Å². The Morgan fingerprint density at radius 3 is 1.28 bits per heavy atom. The highest BCUT2D eigenvalue weighted by Gasteiger charge is 2.55. The zero-order valence-electron chi connectivity index (χ0n) is 44.6. The zero-order valence-corrected chi connectivity index (χ0v) is 44.6. The molecule has 72 heavy (non-hydrogen) atoms. The van der Waals surface area contributed by atoms with Crippen molar-refractivity contribution in [3.8, 4) is 0 Å². The molecule has 10 N–H and O–H groups in total. The summed E-state index contributed by atoms with van der Waals surface area (Å²) in [6, 6.07) is -6.11. The first-order chi connectivity index (χ1) is 32.6. The molecule has 15 atom stereocenters. The molecule has 0 aromatic rings. The molecule has 0 aromatic carbocycles. The van der Waals surface area contributed by atoms with Gasteiger partial charge in [0.2, 0.25) is 5.91 Å². The molecule has 3 fully saturated rings. The standard InChI is InChI=1S/C46H82N6O20/c1-21(53)52(17)20-25-28(54)26(50-40(62)71-45(11,12)13)31(57)36(65-25)67-34-23(49-39(61)70-44(8,9)10)18-22(48-38(60)69-43(5,6)7)33(32(34)58)66-35-27(51-41(63)72-46(14,15)16)30(56)29(55)24(64-35)19-47-37(59)68-42(2,3)4/h22-36,54-58H,18-20H2,1-17H3,(H,47,59)(H,48,60)(H,49,61)(H,50,62)(H,51,63). The maximum atomic E-state index is 13.6. The van der Waals surface area contributed by atoms with Gasteiger partial charge in [0.15, 0.2) is 12.6 Å². The lowest BCUT2D eigenvalue weighted by Crippen LogP contribution is -2.71. The number of alkyl carbamates (subject to hydrolysis) is 5. The molecule has 1 aliphatic carbocycles. The van der Waals surface area contributed by atoms with Gasteiger partial charge in [-0.25, -0.2) is 24.0 Å². The number of ether oxygens (including phenoxy) is 9. The number of amides is 6. The number of aliphatic hydroxyl groups is 5. The van der Waals surface area contributed by atoms with Crippen molar-refractivity contribution in [2.75, 3.05) is 20.1 Å². The van der Waals surface area contributed by atoms with Crippen LogP contribution in [0.25, 0.3) is 0 Å². The Morgan fingerprint density at radius 1 is 0.486 bits per heavy atom. The summed E-state index contributed by atoms with van der Waals surface area (Å²) in [6.45, 7) is 24.3. The SMILES string of the molecule is CC(=O)N(C)CC1OC(OC2C(NC(=O)OC(C)(C)C)CC(NC(=O)OC(C)(C)C)C(OC3OC(CNC(=O)OC(C)(C)C)C(O)C(O)C3NC(=O)OC(C)(C)C)C2O)C(O)C(NC(=O)OC(C)(C)C)C1O. The second kappa shape index (κ2) is 24.2. The average molecular weight is 1040 g/mol. The van der Waals surface area contributed by atoms with Gasteiger partial charge >= 0.3 is 30.5 Å². The van der Waals surface area contributed by atoms with Crippen LogP contribution < -0.4 is 26.6 Å². The first-order valence-corrected chi connectivity index (χ1v) is 23.8. The molecule has 0 bridgehead atoms. The van der Waals surface area contributed by atoms with Gasteiger partial charge < -0.3 is 99.6 Å². The second-order valence-electron chi connectivity index (χ2n) is 23.1. The maximum absolute atomic E-state index is 13.6. The smallest absolute Gasteiger partial charge is 0.408 e. The summed E-state index contributed by atoms with van der Waals surface area (Å²) < 4.78 is 52.3. The third-order valence-electron chi connectivity index (χ3n) is 10.6. The Morgan fingerprint density at radius 2 is 0.861 bits per heavy atom. The topological polar surface area (TPSA) is 350 Å². The van der Waals surface area contributed by atoms with Gasteiger partial charge in [-0.05, 0) is 110 Å². The maximum Gasteiger partial charge on any atom is 0.408 e. The lowest BCUT2D eigenvalue weighted by molar-refractivity contribution is -0.321. The molecular weight excluding hydrogens is 957 g/mol. The molecule has 0 spiro atoms. The molecule has 3 rings (SSSR count). The first kappa shape index (κ1) is 61.8. The quantitative estimate of drug-likeness (QED) is 0.122. The van der Waals surface area contributed by atoms with Gasteiger partial charge in [-0.2, -0.15) is 0 Å². The third kappa shape index (κ3) is 19.7. The monoisotopic (exact) mass is 1040 g/mol. The summed E-state index contributed by atoms with van der Waals surface area (Å²) in [7, 11) is 1.41. The van der Waals surface area contributed by atoms with Gasteiger partial charge in [-0.1, -0.05) is 0 Å². The van der Waals surface area contributed by atoms with Gasteiger partial charge in [0.05, 0.1) is 18.1 Å². The Hall–Kier alpha value is -4.54. The summed E-state index contributed by atoms with van der Waals surface area (Å²) in [6.07, 6.45) is -25.2. The molecule has 26 nitrogen and oxygen atoms in total. The number of carbonyl (C=O) groups is 6. The van der Waals surface area contributed by atoms with Crippen molar-refractivity contribution in [1.82, 2.24) is 31.5 Å². The Bertz CT molecular complexity index is 1860. The summed E-state index contributed by atoms with van der Waals surface area (Å²) in [5, 5.41) is 71.6. The summed E-state index contributed by atoms with van der Waals surface area (Å²) in [5.74, 6) is -0.441. The van der Waals surface area contributed by atoms with Crippen LogP contribution in [0.5, 0.6) is 0 Å². The van der Waals surface area contributed by atoms with E-state index in [0.29, 0.717) is 0 Å². The predicted molar refractivity (Wildman–Crippen MR) is 252 cm³/mol. The number of aliphatic hydroxyl groups excluding tert-OH is 5. The van der Waals surface area contributed by atoms with Crippen LogP contribution in [0.3, 0.4) is 0 Å². The minimum Gasteiger partial charge on any atom is -0.444 e. The van der Waals surface area contributed by atoms with Crippen LogP contribution in [0.1, 0.15) is 117 Å². The van der Waals surface area contributed by atoms with Crippen molar-refractivity contribution >= 4 is 36.4 Å². The van der Waals surface area contributed by atoms with E-state index in [1.54, 1.807) is 104 Å². The number of hydrogen-bond acceptors (Lipinski definition) is 20. The molecule has 6 amide bonds. The highest BCUT2D eigenvalue weighted by Crippen LogP contribution is 2.34. The van der Waals surface area contributed by atoms with Crippen molar-refractivity contribution in [2.45, 2.75) is 237 Å². The number of rotatable bonds is 12.